The molecule has 2 N–H and O–H groups in total. The van der Waals surface area contributed by atoms with Crippen LogP contribution >= 0.6 is 0 Å². The molecule has 0 aromatic heterocycles. The summed E-state index contributed by atoms with van der Waals surface area (Å²) in [6.07, 6.45) is 3.35. The summed E-state index contributed by atoms with van der Waals surface area (Å²) < 4.78 is 0. The Morgan fingerprint density at radius 3 is 2.73 bits per heavy atom. The highest BCUT2D eigenvalue weighted by atomic mass is 15.0. The number of nitrogens with one attached hydrogen (secondary N) is 2. The molecule has 1 aromatic rings. The van der Waals surface area contributed by atoms with Crippen molar-refractivity contribution in [2.45, 2.75) is 19.4 Å². The predicted octanol–water partition coefficient (Wildman–Crippen LogP) is 2.21. The zero-order valence-electron chi connectivity index (χ0n) is 9.16. The van der Waals surface area contributed by atoms with E-state index < -0.39 is 0 Å². The van der Waals surface area contributed by atoms with E-state index in [4.69, 9.17) is 0 Å². The minimum Gasteiger partial charge on any atom is -0.382 e. The van der Waals surface area contributed by atoms with Crippen LogP contribution in [0.5, 0.6) is 0 Å². The van der Waals surface area contributed by atoms with Gasteiger partial charge in [0.15, 0.2) is 0 Å². The van der Waals surface area contributed by atoms with Gasteiger partial charge < -0.3 is 10.6 Å². The first-order valence-electron chi connectivity index (χ1n) is 5.57. The Hall–Kier alpha value is -1.28. The molecule has 2 heteroatoms. The summed E-state index contributed by atoms with van der Waals surface area (Å²) in [5, 5.41) is 6.87. The van der Waals surface area contributed by atoms with Crippen LogP contribution in [-0.2, 0) is 0 Å². The minimum absolute atomic E-state index is 0.399. The third-order valence-electron chi connectivity index (χ3n) is 2.77. The van der Waals surface area contributed by atoms with Crippen molar-refractivity contribution in [3.63, 3.8) is 0 Å². The van der Waals surface area contributed by atoms with Crippen molar-refractivity contribution in [1.29, 1.82) is 0 Å². The van der Waals surface area contributed by atoms with Crippen molar-refractivity contribution in [2.24, 2.45) is 0 Å². The Morgan fingerprint density at radius 2 is 2.07 bits per heavy atom. The fourth-order valence-corrected chi connectivity index (χ4v) is 1.86. The van der Waals surface area contributed by atoms with E-state index in [-0.39, 0.29) is 0 Å². The monoisotopic (exact) mass is 202 g/mol. The van der Waals surface area contributed by atoms with Crippen LogP contribution in [0.3, 0.4) is 0 Å². The van der Waals surface area contributed by atoms with Crippen LogP contribution in [-0.4, -0.2) is 13.1 Å². The second-order valence-electron chi connectivity index (χ2n) is 3.96. The smallest absolute Gasteiger partial charge is 0.0482 e. The highest BCUT2D eigenvalue weighted by molar-refractivity contribution is 5.20. The topological polar surface area (TPSA) is 24.1 Å². The standard InChI is InChI=1S/C13H18N2/c1-11(12-5-3-2-4-6-12)15-13-7-9-14-10-8-13/h2-7,11,14-15H,8-10H2,1H3/t11-/m1/s1. The van der Waals surface area contributed by atoms with Gasteiger partial charge in [0.2, 0.25) is 0 Å². The molecule has 1 atom stereocenters. The van der Waals surface area contributed by atoms with E-state index >= 15 is 0 Å². The van der Waals surface area contributed by atoms with Crippen molar-refractivity contribution in [3.8, 4) is 0 Å². The molecule has 1 aliphatic rings. The molecular weight excluding hydrogens is 184 g/mol. The number of hydrogen-bond donors (Lipinski definition) is 2. The summed E-state index contributed by atoms with van der Waals surface area (Å²) in [6, 6.07) is 11.0. The van der Waals surface area contributed by atoms with E-state index in [1.807, 2.05) is 0 Å². The molecular formula is C13H18N2. The molecule has 0 aliphatic carbocycles. The maximum atomic E-state index is 3.56. The molecule has 0 spiro atoms. The minimum atomic E-state index is 0.399. The lowest BCUT2D eigenvalue weighted by molar-refractivity contribution is 0.588. The molecule has 0 amide bonds. The molecule has 1 heterocycles. The van der Waals surface area contributed by atoms with Gasteiger partial charge in [-0.15, -0.1) is 0 Å². The van der Waals surface area contributed by atoms with Crippen molar-refractivity contribution >= 4 is 0 Å². The first-order chi connectivity index (χ1) is 7.36. The normalized spacial score (nSPS) is 18.1. The maximum Gasteiger partial charge on any atom is 0.0482 e. The molecule has 0 unspecified atom stereocenters. The predicted molar refractivity (Wildman–Crippen MR) is 63.6 cm³/mol. The van der Waals surface area contributed by atoms with E-state index in [0.717, 1.165) is 19.5 Å². The number of hydrogen-bond acceptors (Lipinski definition) is 2. The highest BCUT2D eigenvalue weighted by Gasteiger charge is 2.07. The Morgan fingerprint density at radius 1 is 1.27 bits per heavy atom. The summed E-state index contributed by atoms with van der Waals surface area (Å²) in [5.74, 6) is 0. The first-order valence-corrected chi connectivity index (χ1v) is 5.57. The van der Waals surface area contributed by atoms with E-state index in [2.05, 4.69) is 54.0 Å². The second-order valence-corrected chi connectivity index (χ2v) is 3.96. The zero-order chi connectivity index (χ0) is 10.5. The molecule has 1 aromatic carbocycles. The fraction of sp³-hybridized carbons (Fsp3) is 0.385. The van der Waals surface area contributed by atoms with Gasteiger partial charge in [-0.3, -0.25) is 0 Å². The van der Waals surface area contributed by atoms with E-state index in [1.165, 1.54) is 11.3 Å². The highest BCUT2D eigenvalue weighted by Crippen LogP contribution is 2.14. The summed E-state index contributed by atoms with van der Waals surface area (Å²) in [5.41, 5.74) is 2.71. The molecule has 80 valence electrons. The Bertz CT molecular complexity index is 330. The van der Waals surface area contributed by atoms with E-state index in [0.29, 0.717) is 6.04 Å². The summed E-state index contributed by atoms with van der Waals surface area (Å²) in [4.78, 5) is 0. The van der Waals surface area contributed by atoms with Crippen LogP contribution in [0.15, 0.2) is 42.1 Å². The lowest BCUT2D eigenvalue weighted by Gasteiger charge is -2.21. The third kappa shape index (κ3) is 2.83. The first kappa shape index (κ1) is 10.2. The summed E-state index contributed by atoms with van der Waals surface area (Å²) >= 11 is 0. The maximum absolute atomic E-state index is 3.56. The van der Waals surface area contributed by atoms with Crippen molar-refractivity contribution in [2.75, 3.05) is 13.1 Å². The molecule has 2 rings (SSSR count). The van der Waals surface area contributed by atoms with Gasteiger partial charge in [-0.05, 0) is 18.9 Å². The van der Waals surface area contributed by atoms with Crippen LogP contribution in [0.2, 0.25) is 0 Å². The zero-order valence-corrected chi connectivity index (χ0v) is 9.16. The SMILES string of the molecule is C[C@@H](NC1=CCNCC1)c1ccccc1. The Labute approximate surface area is 91.4 Å². The second kappa shape index (κ2) is 4.99. The third-order valence-corrected chi connectivity index (χ3v) is 2.77. The van der Waals surface area contributed by atoms with Gasteiger partial charge in [0.05, 0.1) is 0 Å². The summed E-state index contributed by atoms with van der Waals surface area (Å²) in [6.45, 7) is 4.28. The Balaban J connectivity index is 1.97. The average Bonchev–Trinajstić information content (AvgIpc) is 2.31. The van der Waals surface area contributed by atoms with Crippen LogP contribution in [0.25, 0.3) is 0 Å². The van der Waals surface area contributed by atoms with Gasteiger partial charge in [-0.2, -0.15) is 0 Å². The molecule has 2 nitrogen and oxygen atoms in total. The van der Waals surface area contributed by atoms with Crippen LogP contribution in [0.4, 0.5) is 0 Å². The van der Waals surface area contributed by atoms with Gasteiger partial charge in [-0.25, -0.2) is 0 Å². The number of rotatable bonds is 3. The summed E-state index contributed by atoms with van der Waals surface area (Å²) in [7, 11) is 0. The van der Waals surface area contributed by atoms with Gasteiger partial charge in [-0.1, -0.05) is 36.4 Å². The fourth-order valence-electron chi connectivity index (χ4n) is 1.86. The molecule has 1 aliphatic heterocycles. The van der Waals surface area contributed by atoms with Crippen LogP contribution in [0, 0.1) is 0 Å². The van der Waals surface area contributed by atoms with Crippen molar-refractivity contribution in [3.05, 3.63) is 47.7 Å². The molecule has 15 heavy (non-hydrogen) atoms. The molecule has 0 fully saturated rings. The van der Waals surface area contributed by atoms with E-state index in [9.17, 15) is 0 Å². The quantitative estimate of drug-likeness (QED) is 0.785. The Kier molecular flexibility index (Phi) is 3.41. The van der Waals surface area contributed by atoms with Crippen molar-refractivity contribution in [1.82, 2.24) is 10.6 Å². The van der Waals surface area contributed by atoms with Gasteiger partial charge in [0, 0.05) is 24.8 Å². The van der Waals surface area contributed by atoms with Gasteiger partial charge >= 0.3 is 0 Å². The van der Waals surface area contributed by atoms with Crippen LogP contribution in [0.1, 0.15) is 24.9 Å². The lowest BCUT2D eigenvalue weighted by atomic mass is 10.1. The molecule has 0 radical (unpaired) electrons. The van der Waals surface area contributed by atoms with Crippen molar-refractivity contribution < 1.29 is 0 Å². The molecule has 0 saturated heterocycles. The average molecular weight is 202 g/mol. The van der Waals surface area contributed by atoms with Gasteiger partial charge in [0.1, 0.15) is 0 Å². The molecule has 0 saturated carbocycles. The molecule has 0 bridgehead atoms. The number of benzene rings is 1. The largest absolute Gasteiger partial charge is 0.382 e. The lowest BCUT2D eigenvalue weighted by Crippen LogP contribution is -2.27. The van der Waals surface area contributed by atoms with Gasteiger partial charge in [0.25, 0.3) is 0 Å². The van der Waals surface area contributed by atoms with E-state index in [1.54, 1.807) is 0 Å². The van der Waals surface area contributed by atoms with Crippen LogP contribution < -0.4 is 10.6 Å².